The van der Waals surface area contributed by atoms with Crippen molar-refractivity contribution in [2.45, 2.75) is 20.0 Å². The van der Waals surface area contributed by atoms with Crippen molar-refractivity contribution in [1.82, 2.24) is 14.8 Å². The second-order valence-electron chi connectivity index (χ2n) is 6.95. The van der Waals surface area contributed by atoms with Crippen LogP contribution in [0.4, 0.5) is 5.82 Å². The fourth-order valence-corrected chi connectivity index (χ4v) is 3.28. The van der Waals surface area contributed by atoms with Crippen LogP contribution in [0.1, 0.15) is 18.1 Å². The highest BCUT2D eigenvalue weighted by atomic mass is 35.5. The molecule has 154 valence electrons. The van der Waals surface area contributed by atoms with E-state index in [0.29, 0.717) is 16.6 Å². The highest BCUT2D eigenvalue weighted by Gasteiger charge is 2.21. The molecule has 0 saturated heterocycles. The predicted molar refractivity (Wildman–Crippen MR) is 118 cm³/mol. The molecule has 2 aromatic heterocycles. The van der Waals surface area contributed by atoms with Crippen LogP contribution in [0.25, 0.3) is 16.7 Å². The maximum Gasteiger partial charge on any atom is 0.266 e. The minimum atomic E-state index is -0.817. The van der Waals surface area contributed by atoms with E-state index in [-0.39, 0.29) is 11.4 Å². The third kappa shape index (κ3) is 4.20. The third-order valence-corrected chi connectivity index (χ3v) is 5.01. The minimum absolute atomic E-state index is 0.222. The van der Waals surface area contributed by atoms with E-state index in [4.69, 9.17) is 16.3 Å². The van der Waals surface area contributed by atoms with Gasteiger partial charge in [-0.25, -0.2) is 4.98 Å². The van der Waals surface area contributed by atoms with Gasteiger partial charge in [0, 0.05) is 10.4 Å². The van der Waals surface area contributed by atoms with Crippen LogP contribution in [0.5, 0.6) is 5.75 Å². The van der Waals surface area contributed by atoms with Gasteiger partial charge in [0.2, 0.25) is 0 Å². The van der Waals surface area contributed by atoms with Gasteiger partial charge in [-0.05, 0) is 55.8 Å². The molecule has 2 aromatic carbocycles. The van der Waals surface area contributed by atoms with Gasteiger partial charge in [-0.1, -0.05) is 29.8 Å². The van der Waals surface area contributed by atoms with Gasteiger partial charge in [-0.15, -0.1) is 0 Å². The van der Waals surface area contributed by atoms with Crippen molar-refractivity contribution in [2.24, 2.45) is 0 Å². The molecule has 4 rings (SSSR count). The number of nitriles is 1. The zero-order chi connectivity index (χ0) is 22.0. The van der Waals surface area contributed by atoms with Crippen molar-refractivity contribution < 1.29 is 9.53 Å². The van der Waals surface area contributed by atoms with E-state index in [2.05, 4.69) is 21.5 Å². The van der Waals surface area contributed by atoms with Crippen molar-refractivity contribution >= 4 is 34.2 Å². The number of fused-ring (bicyclic) bond motifs is 1. The largest absolute Gasteiger partial charge is 0.481 e. The highest BCUT2D eigenvalue weighted by Crippen LogP contribution is 2.24. The number of anilines is 1. The van der Waals surface area contributed by atoms with Crippen molar-refractivity contribution in [3.63, 3.8) is 0 Å². The second kappa shape index (κ2) is 8.46. The predicted octanol–water partition coefficient (Wildman–Crippen LogP) is 4.66. The first kappa shape index (κ1) is 20.4. The summed E-state index contributed by atoms with van der Waals surface area (Å²) < 4.78 is 7.13. The van der Waals surface area contributed by atoms with E-state index < -0.39 is 12.0 Å². The maximum absolute atomic E-state index is 12.8. The zero-order valence-electron chi connectivity index (χ0n) is 16.8. The van der Waals surface area contributed by atoms with E-state index in [1.807, 2.05) is 37.3 Å². The van der Waals surface area contributed by atoms with E-state index >= 15 is 0 Å². The van der Waals surface area contributed by atoms with Gasteiger partial charge in [-0.2, -0.15) is 15.0 Å². The Labute approximate surface area is 183 Å². The number of hydrogen-bond acceptors (Lipinski definition) is 5. The summed E-state index contributed by atoms with van der Waals surface area (Å²) in [6.07, 6.45) is 0.578. The lowest BCUT2D eigenvalue weighted by Gasteiger charge is -2.16. The molecule has 0 aliphatic heterocycles. The summed E-state index contributed by atoms with van der Waals surface area (Å²) in [5, 5.41) is 18.1. The quantitative estimate of drug-likeness (QED) is 0.496. The molecular weight excluding hydrogens is 414 g/mol. The SMILES string of the molecule is Cc1cc(-n2ncc(C#N)c2NC(=O)C(C)Oc2ccc(Cl)cc2)nc2ccccc12. The van der Waals surface area contributed by atoms with Crippen LogP contribution in [0, 0.1) is 18.3 Å². The molecule has 31 heavy (non-hydrogen) atoms. The average molecular weight is 432 g/mol. The number of carbonyl (C=O) groups excluding carboxylic acids is 1. The van der Waals surface area contributed by atoms with Crippen LogP contribution in [0.15, 0.2) is 60.8 Å². The molecule has 0 fully saturated rings. The topological polar surface area (TPSA) is 92.8 Å². The van der Waals surface area contributed by atoms with Gasteiger partial charge in [0.1, 0.15) is 17.4 Å². The Morgan fingerprint density at radius 3 is 2.71 bits per heavy atom. The van der Waals surface area contributed by atoms with E-state index in [1.54, 1.807) is 31.2 Å². The average Bonchev–Trinajstić information content (AvgIpc) is 3.17. The first-order valence-corrected chi connectivity index (χ1v) is 9.92. The van der Waals surface area contributed by atoms with Crippen molar-refractivity contribution in [3.8, 4) is 17.6 Å². The summed E-state index contributed by atoms with van der Waals surface area (Å²) in [5.41, 5.74) is 2.02. The van der Waals surface area contributed by atoms with Crippen molar-refractivity contribution in [1.29, 1.82) is 5.26 Å². The van der Waals surface area contributed by atoms with Gasteiger partial charge < -0.3 is 10.1 Å². The standard InChI is InChI=1S/C23H18ClN5O2/c1-14-11-21(27-20-6-4-3-5-19(14)20)29-22(16(12-25)13-26-29)28-23(30)15(2)31-18-9-7-17(24)8-10-18/h3-11,13,15H,1-2H3,(H,28,30). The number of rotatable bonds is 5. The molecule has 1 amide bonds. The molecule has 7 nitrogen and oxygen atoms in total. The highest BCUT2D eigenvalue weighted by molar-refractivity contribution is 6.30. The number of aromatic nitrogens is 3. The molecule has 1 unspecified atom stereocenters. The summed E-state index contributed by atoms with van der Waals surface area (Å²) in [7, 11) is 0. The normalized spacial score (nSPS) is 11.7. The second-order valence-corrected chi connectivity index (χ2v) is 7.38. The summed E-state index contributed by atoms with van der Waals surface area (Å²) >= 11 is 5.88. The number of halogens is 1. The Bertz CT molecular complexity index is 1310. The number of pyridine rings is 1. The van der Waals surface area contributed by atoms with Crippen LogP contribution in [0.3, 0.4) is 0 Å². The Hall–Kier alpha value is -3.89. The number of aryl methyl sites for hydroxylation is 1. The summed E-state index contributed by atoms with van der Waals surface area (Å²) in [6.45, 7) is 3.59. The lowest BCUT2D eigenvalue weighted by Crippen LogP contribution is -2.31. The lowest BCUT2D eigenvalue weighted by molar-refractivity contribution is -0.122. The summed E-state index contributed by atoms with van der Waals surface area (Å²) in [6, 6.07) is 18.4. The third-order valence-electron chi connectivity index (χ3n) is 4.75. The van der Waals surface area contributed by atoms with Crippen LogP contribution in [0.2, 0.25) is 5.02 Å². The minimum Gasteiger partial charge on any atom is -0.481 e. The van der Waals surface area contributed by atoms with Crippen LogP contribution in [-0.4, -0.2) is 26.8 Å². The molecule has 0 aliphatic carbocycles. The Kier molecular flexibility index (Phi) is 5.56. The van der Waals surface area contributed by atoms with Gasteiger partial charge in [0.05, 0.1) is 11.7 Å². The Balaban J connectivity index is 1.63. The molecule has 2 heterocycles. The van der Waals surface area contributed by atoms with E-state index in [9.17, 15) is 10.1 Å². The fraction of sp³-hybridized carbons (Fsp3) is 0.130. The van der Waals surface area contributed by atoms with Gasteiger partial charge in [0.15, 0.2) is 17.7 Å². The van der Waals surface area contributed by atoms with Gasteiger partial charge in [-0.3, -0.25) is 4.79 Å². The molecule has 0 aliphatic rings. The van der Waals surface area contributed by atoms with Crippen LogP contribution < -0.4 is 10.1 Å². The monoisotopic (exact) mass is 431 g/mol. The number of nitrogens with zero attached hydrogens (tertiary/aromatic N) is 4. The molecule has 0 saturated carbocycles. The molecule has 1 N–H and O–H groups in total. The van der Waals surface area contributed by atoms with Crippen LogP contribution >= 0.6 is 11.6 Å². The summed E-state index contributed by atoms with van der Waals surface area (Å²) in [4.78, 5) is 17.4. The van der Waals surface area contributed by atoms with E-state index in [1.165, 1.54) is 10.9 Å². The smallest absolute Gasteiger partial charge is 0.266 e. The molecule has 0 spiro atoms. The number of hydrogen-bond donors (Lipinski definition) is 1. The maximum atomic E-state index is 12.8. The molecular formula is C23H18ClN5O2. The molecule has 0 radical (unpaired) electrons. The number of benzene rings is 2. The first-order valence-electron chi connectivity index (χ1n) is 9.54. The van der Waals surface area contributed by atoms with Crippen molar-refractivity contribution in [3.05, 3.63) is 76.9 Å². The number of amides is 1. The van der Waals surface area contributed by atoms with Gasteiger partial charge in [0.25, 0.3) is 5.91 Å². The molecule has 0 bridgehead atoms. The first-order chi connectivity index (χ1) is 15.0. The summed E-state index contributed by atoms with van der Waals surface area (Å²) in [5.74, 6) is 0.819. The number of nitrogens with one attached hydrogen (secondary N) is 1. The molecule has 1 atom stereocenters. The van der Waals surface area contributed by atoms with Crippen molar-refractivity contribution in [2.75, 3.05) is 5.32 Å². The Morgan fingerprint density at radius 1 is 1.23 bits per heavy atom. The lowest BCUT2D eigenvalue weighted by atomic mass is 10.1. The van der Waals surface area contributed by atoms with Crippen LogP contribution in [-0.2, 0) is 4.79 Å². The zero-order valence-corrected chi connectivity index (χ0v) is 17.6. The number of carbonyl (C=O) groups is 1. The van der Waals surface area contributed by atoms with Gasteiger partial charge >= 0.3 is 0 Å². The molecule has 4 aromatic rings. The fourth-order valence-electron chi connectivity index (χ4n) is 3.15. The van der Waals surface area contributed by atoms with E-state index in [0.717, 1.165) is 16.5 Å². The number of para-hydroxylation sites is 1. The number of ether oxygens (including phenoxy) is 1. The molecule has 8 heteroatoms. The Morgan fingerprint density at radius 2 is 1.97 bits per heavy atom.